The zero-order valence-electron chi connectivity index (χ0n) is 17.5. The van der Waals surface area contributed by atoms with Crippen molar-refractivity contribution in [1.29, 1.82) is 0 Å². The van der Waals surface area contributed by atoms with Gasteiger partial charge in [-0.15, -0.1) is 0 Å². The molecule has 1 aliphatic rings. The number of nitrogens with one attached hydrogen (secondary N) is 2. The second-order valence-electron chi connectivity index (χ2n) is 7.61. The van der Waals surface area contributed by atoms with Crippen LogP contribution in [0.2, 0.25) is 0 Å². The normalized spacial score (nSPS) is 16.0. The lowest BCUT2D eigenvalue weighted by Gasteiger charge is -2.26. The molecule has 2 N–H and O–H groups in total. The van der Waals surface area contributed by atoms with Crippen molar-refractivity contribution in [1.82, 2.24) is 25.3 Å². The zero-order valence-corrected chi connectivity index (χ0v) is 17.5. The topological polar surface area (TPSA) is 57.5 Å². The van der Waals surface area contributed by atoms with Gasteiger partial charge in [0, 0.05) is 45.5 Å². The predicted molar refractivity (Wildman–Crippen MR) is 111 cm³/mol. The minimum Gasteiger partial charge on any atom is -0.352 e. The monoisotopic (exact) mass is 422 g/mol. The average Bonchev–Trinajstić information content (AvgIpc) is 3.11. The standard InChI is InChI=1S/C21H29F3N6/c1-25-20(27-13-18-15-29(2)28-19(18)21(22,23)24)26-12-16-6-8-17(9-7-16)14-30-10-4-3-5-11-30/h6-9,15H,3-5,10-14H2,1-2H3,(H2,25,26,27). The van der Waals surface area contributed by atoms with Gasteiger partial charge in [-0.3, -0.25) is 14.6 Å². The van der Waals surface area contributed by atoms with Crippen molar-refractivity contribution in [3.05, 3.63) is 52.8 Å². The number of rotatable bonds is 6. The van der Waals surface area contributed by atoms with E-state index in [9.17, 15) is 13.2 Å². The molecule has 1 saturated heterocycles. The number of nitrogens with zero attached hydrogens (tertiary/aromatic N) is 4. The van der Waals surface area contributed by atoms with Gasteiger partial charge >= 0.3 is 6.18 Å². The van der Waals surface area contributed by atoms with Crippen LogP contribution in [0, 0.1) is 0 Å². The van der Waals surface area contributed by atoms with Crippen LogP contribution < -0.4 is 10.6 Å². The lowest BCUT2D eigenvalue weighted by atomic mass is 10.1. The number of guanidine groups is 1. The smallest absolute Gasteiger partial charge is 0.352 e. The summed E-state index contributed by atoms with van der Waals surface area (Å²) in [6, 6.07) is 8.41. The number of benzene rings is 1. The summed E-state index contributed by atoms with van der Waals surface area (Å²) in [6.07, 6.45) is 0.763. The Bertz CT molecular complexity index is 835. The van der Waals surface area contributed by atoms with Crippen molar-refractivity contribution in [2.24, 2.45) is 12.0 Å². The van der Waals surface area contributed by atoms with Gasteiger partial charge in [0.15, 0.2) is 11.7 Å². The van der Waals surface area contributed by atoms with Crippen LogP contribution in [-0.4, -0.2) is 40.8 Å². The van der Waals surface area contributed by atoms with Gasteiger partial charge in [0.05, 0.1) is 0 Å². The highest BCUT2D eigenvalue weighted by molar-refractivity contribution is 5.79. The number of piperidine rings is 1. The molecule has 2 heterocycles. The van der Waals surface area contributed by atoms with E-state index in [2.05, 4.69) is 49.9 Å². The fourth-order valence-corrected chi connectivity index (χ4v) is 3.63. The van der Waals surface area contributed by atoms with Crippen molar-refractivity contribution >= 4 is 5.96 Å². The molecule has 0 aliphatic carbocycles. The maximum absolute atomic E-state index is 13.1. The van der Waals surface area contributed by atoms with E-state index in [0.29, 0.717) is 12.5 Å². The van der Waals surface area contributed by atoms with Crippen molar-refractivity contribution < 1.29 is 13.2 Å². The molecule has 1 fully saturated rings. The number of likely N-dealkylation sites (tertiary alicyclic amines) is 1. The van der Waals surface area contributed by atoms with E-state index >= 15 is 0 Å². The first-order valence-electron chi connectivity index (χ1n) is 10.2. The van der Waals surface area contributed by atoms with E-state index in [0.717, 1.165) is 25.2 Å². The Kier molecular flexibility index (Phi) is 7.36. The summed E-state index contributed by atoms with van der Waals surface area (Å²) in [6.45, 7) is 3.82. The number of hydrogen-bond donors (Lipinski definition) is 2. The first-order valence-corrected chi connectivity index (χ1v) is 10.2. The summed E-state index contributed by atoms with van der Waals surface area (Å²) in [5, 5.41) is 9.59. The third-order valence-electron chi connectivity index (χ3n) is 5.18. The molecule has 0 bridgehead atoms. The Morgan fingerprint density at radius 3 is 2.30 bits per heavy atom. The molecule has 0 unspecified atom stereocenters. The van der Waals surface area contributed by atoms with E-state index < -0.39 is 11.9 Å². The van der Waals surface area contributed by atoms with Gasteiger partial charge in [-0.25, -0.2) is 0 Å². The minimum absolute atomic E-state index is 0.0167. The van der Waals surface area contributed by atoms with Crippen LogP contribution in [0.1, 0.15) is 41.6 Å². The molecule has 2 aromatic rings. The van der Waals surface area contributed by atoms with Crippen LogP contribution >= 0.6 is 0 Å². The van der Waals surface area contributed by atoms with Gasteiger partial charge in [0.2, 0.25) is 0 Å². The van der Waals surface area contributed by atoms with E-state index in [1.54, 1.807) is 7.05 Å². The van der Waals surface area contributed by atoms with Crippen LogP contribution in [0.4, 0.5) is 13.2 Å². The van der Waals surface area contributed by atoms with Crippen molar-refractivity contribution in [2.75, 3.05) is 20.1 Å². The van der Waals surface area contributed by atoms with E-state index in [1.165, 1.54) is 42.8 Å². The second-order valence-corrected chi connectivity index (χ2v) is 7.61. The SMILES string of the molecule is CN=C(NCc1ccc(CN2CCCCC2)cc1)NCc1cn(C)nc1C(F)(F)F. The highest BCUT2D eigenvalue weighted by Gasteiger charge is 2.36. The molecule has 0 spiro atoms. The van der Waals surface area contributed by atoms with Gasteiger partial charge in [0.1, 0.15) is 0 Å². The Balaban J connectivity index is 1.50. The Morgan fingerprint density at radius 1 is 1.03 bits per heavy atom. The van der Waals surface area contributed by atoms with Crippen molar-refractivity contribution in [2.45, 2.75) is 45.1 Å². The van der Waals surface area contributed by atoms with Gasteiger partial charge in [-0.2, -0.15) is 18.3 Å². The quantitative estimate of drug-likeness (QED) is 0.554. The molecule has 30 heavy (non-hydrogen) atoms. The third-order valence-corrected chi connectivity index (χ3v) is 5.18. The van der Waals surface area contributed by atoms with E-state index in [1.807, 2.05) is 0 Å². The summed E-state index contributed by atoms with van der Waals surface area (Å²) in [7, 11) is 3.06. The molecule has 1 aromatic carbocycles. The van der Waals surface area contributed by atoms with Crippen molar-refractivity contribution in [3.8, 4) is 0 Å². The number of halogens is 3. The fourth-order valence-electron chi connectivity index (χ4n) is 3.63. The number of aromatic nitrogens is 2. The van der Waals surface area contributed by atoms with E-state index in [-0.39, 0.29) is 12.1 Å². The molecule has 0 radical (unpaired) electrons. The fraction of sp³-hybridized carbons (Fsp3) is 0.524. The molecular weight excluding hydrogens is 393 g/mol. The largest absolute Gasteiger partial charge is 0.435 e. The lowest BCUT2D eigenvalue weighted by Crippen LogP contribution is -2.36. The first-order chi connectivity index (χ1) is 14.3. The van der Waals surface area contributed by atoms with Crippen LogP contribution in [0.3, 0.4) is 0 Å². The predicted octanol–water partition coefficient (Wildman–Crippen LogP) is 3.29. The van der Waals surface area contributed by atoms with Crippen LogP contribution in [0.25, 0.3) is 0 Å². The molecule has 1 aromatic heterocycles. The Morgan fingerprint density at radius 2 is 1.67 bits per heavy atom. The molecule has 164 valence electrons. The van der Waals surface area contributed by atoms with Gasteiger partial charge in [-0.1, -0.05) is 30.7 Å². The third kappa shape index (κ3) is 6.22. The molecule has 1 aliphatic heterocycles. The van der Waals surface area contributed by atoms with Crippen LogP contribution in [0.15, 0.2) is 35.5 Å². The molecule has 0 amide bonds. The Labute approximate surface area is 175 Å². The van der Waals surface area contributed by atoms with Crippen LogP contribution in [-0.2, 0) is 32.9 Å². The van der Waals surface area contributed by atoms with Crippen LogP contribution in [0.5, 0.6) is 0 Å². The number of hydrogen-bond acceptors (Lipinski definition) is 3. The molecule has 0 saturated carbocycles. The number of aryl methyl sites for hydroxylation is 1. The summed E-state index contributed by atoms with van der Waals surface area (Å²) < 4.78 is 40.4. The molecule has 6 nitrogen and oxygen atoms in total. The summed E-state index contributed by atoms with van der Waals surface area (Å²) >= 11 is 0. The maximum atomic E-state index is 13.1. The average molecular weight is 422 g/mol. The zero-order chi connectivity index (χ0) is 21.6. The summed E-state index contributed by atoms with van der Waals surface area (Å²) in [4.78, 5) is 6.57. The number of alkyl halides is 3. The highest BCUT2D eigenvalue weighted by Crippen LogP contribution is 2.30. The number of aliphatic imine (C=N–C) groups is 1. The summed E-state index contributed by atoms with van der Waals surface area (Å²) in [5.74, 6) is 0.435. The summed E-state index contributed by atoms with van der Waals surface area (Å²) in [5.41, 5.74) is 1.57. The van der Waals surface area contributed by atoms with Gasteiger partial charge in [-0.05, 0) is 37.1 Å². The van der Waals surface area contributed by atoms with Gasteiger partial charge < -0.3 is 10.6 Å². The first kappa shape index (κ1) is 22.1. The molecular formula is C21H29F3N6. The van der Waals surface area contributed by atoms with Crippen molar-refractivity contribution in [3.63, 3.8) is 0 Å². The highest BCUT2D eigenvalue weighted by atomic mass is 19.4. The minimum atomic E-state index is -4.48. The van der Waals surface area contributed by atoms with Gasteiger partial charge in [0.25, 0.3) is 0 Å². The molecule has 9 heteroatoms. The molecule has 0 atom stereocenters. The maximum Gasteiger partial charge on any atom is 0.435 e. The van der Waals surface area contributed by atoms with E-state index in [4.69, 9.17) is 0 Å². The second kappa shape index (κ2) is 9.97. The molecule has 3 rings (SSSR count). The lowest BCUT2D eigenvalue weighted by molar-refractivity contribution is -0.142. The Hall–Kier alpha value is -2.55.